The highest BCUT2D eigenvalue weighted by atomic mass is 16.3. The lowest BCUT2D eigenvalue weighted by molar-refractivity contribution is 0.644. The fourth-order valence-corrected chi connectivity index (χ4v) is 0.882. The van der Waals surface area contributed by atoms with Gasteiger partial charge in [-0.2, -0.15) is 4.91 Å². The first-order chi connectivity index (χ1) is 3.93. The van der Waals surface area contributed by atoms with E-state index in [2.05, 4.69) is 5.18 Å². The van der Waals surface area contributed by atoms with E-state index in [9.17, 15) is 4.91 Å². The fraction of sp³-hybridized carbons (Fsp3) is 0.667. The highest BCUT2D eigenvalue weighted by molar-refractivity contribution is 4.96. The summed E-state index contributed by atoms with van der Waals surface area (Å²) in [7, 11) is 0. The first kappa shape index (κ1) is 5.48. The Morgan fingerprint density at radius 3 is 2.88 bits per heavy atom. The van der Waals surface area contributed by atoms with Crippen LogP contribution in [-0.2, 0) is 0 Å². The van der Waals surface area contributed by atoms with Gasteiger partial charge in [-0.05, 0) is 19.3 Å². The number of hydrogen-bond acceptors (Lipinski definition) is 2. The first-order valence-corrected chi connectivity index (χ1v) is 2.92. The summed E-state index contributed by atoms with van der Waals surface area (Å²) in [5.74, 6) is 0. The summed E-state index contributed by atoms with van der Waals surface area (Å²) in [6.45, 7) is 0. The molecule has 2 heteroatoms. The molecule has 0 saturated carbocycles. The molecule has 0 aromatic rings. The molecule has 44 valence electrons. The quantitative estimate of drug-likeness (QED) is 0.375. The van der Waals surface area contributed by atoms with Crippen LogP contribution in [-0.4, -0.2) is 6.04 Å². The Bertz CT molecular complexity index is 109. The highest BCUT2D eigenvalue weighted by Gasteiger charge is 2.05. The van der Waals surface area contributed by atoms with E-state index in [1.54, 1.807) is 0 Å². The summed E-state index contributed by atoms with van der Waals surface area (Å²) in [5, 5.41) is 2.91. The molecule has 0 N–H and O–H groups in total. The van der Waals surface area contributed by atoms with Crippen molar-refractivity contribution in [3.05, 3.63) is 17.1 Å². The Morgan fingerprint density at radius 1 is 1.62 bits per heavy atom. The van der Waals surface area contributed by atoms with Crippen molar-refractivity contribution in [2.75, 3.05) is 0 Å². The van der Waals surface area contributed by atoms with Crippen LogP contribution in [0.2, 0.25) is 0 Å². The molecule has 0 amide bonds. The van der Waals surface area contributed by atoms with Gasteiger partial charge in [-0.3, -0.25) is 0 Å². The van der Waals surface area contributed by atoms with E-state index in [0.29, 0.717) is 0 Å². The van der Waals surface area contributed by atoms with E-state index in [-0.39, 0.29) is 6.04 Å². The molecule has 0 bridgehead atoms. The van der Waals surface area contributed by atoms with Crippen LogP contribution in [0.5, 0.6) is 0 Å². The van der Waals surface area contributed by atoms with Gasteiger partial charge in [-0.25, -0.2) is 0 Å². The molecule has 0 aromatic heterocycles. The number of nitroso groups, excluding NO2 is 1. The van der Waals surface area contributed by atoms with Crippen molar-refractivity contribution in [1.82, 2.24) is 0 Å². The van der Waals surface area contributed by atoms with E-state index >= 15 is 0 Å². The maximum Gasteiger partial charge on any atom is 0.110 e. The molecule has 0 spiro atoms. The van der Waals surface area contributed by atoms with Gasteiger partial charge in [-0.15, -0.1) is 0 Å². The van der Waals surface area contributed by atoms with Crippen LogP contribution in [0.15, 0.2) is 17.3 Å². The Morgan fingerprint density at radius 2 is 2.50 bits per heavy atom. The molecule has 0 aromatic carbocycles. The Kier molecular flexibility index (Phi) is 1.78. The third kappa shape index (κ3) is 1.15. The second kappa shape index (κ2) is 2.60. The van der Waals surface area contributed by atoms with Crippen molar-refractivity contribution in [1.29, 1.82) is 0 Å². The van der Waals surface area contributed by atoms with Crippen LogP contribution in [0.1, 0.15) is 19.3 Å². The third-order valence-electron chi connectivity index (χ3n) is 1.36. The second-order valence-corrected chi connectivity index (χ2v) is 2.03. The molecular weight excluding hydrogens is 102 g/mol. The standard InChI is InChI=1S/C6H9NO/c8-7-6-4-2-1-3-5-6/h2,4,6H,1,3,5H2/t6-/m1/s1. The average molecular weight is 111 g/mol. The molecule has 0 fully saturated rings. The van der Waals surface area contributed by atoms with Crippen LogP contribution >= 0.6 is 0 Å². The van der Waals surface area contributed by atoms with Gasteiger partial charge in [-0.1, -0.05) is 17.3 Å². The third-order valence-corrected chi connectivity index (χ3v) is 1.36. The van der Waals surface area contributed by atoms with Gasteiger partial charge in [0.05, 0.1) is 0 Å². The molecule has 0 heterocycles. The number of hydrogen-bond donors (Lipinski definition) is 0. The molecular formula is C6H9NO. The second-order valence-electron chi connectivity index (χ2n) is 2.03. The summed E-state index contributed by atoms with van der Waals surface area (Å²) in [4.78, 5) is 9.86. The predicted octanol–water partition coefficient (Wildman–Crippen LogP) is 1.86. The van der Waals surface area contributed by atoms with Gasteiger partial charge in [0.2, 0.25) is 0 Å². The zero-order valence-electron chi connectivity index (χ0n) is 4.71. The molecule has 1 rings (SSSR count). The van der Waals surface area contributed by atoms with Crippen LogP contribution in [0.4, 0.5) is 0 Å². The van der Waals surface area contributed by atoms with Gasteiger partial charge in [0, 0.05) is 0 Å². The molecule has 1 atom stereocenters. The number of nitrogens with zero attached hydrogens (tertiary/aromatic N) is 1. The molecule has 0 saturated heterocycles. The van der Waals surface area contributed by atoms with Crippen molar-refractivity contribution >= 4 is 0 Å². The summed E-state index contributed by atoms with van der Waals surface area (Å²) in [6, 6.07) is -0.0243. The normalized spacial score (nSPS) is 27.8. The van der Waals surface area contributed by atoms with Gasteiger partial charge in [0.15, 0.2) is 0 Å². The van der Waals surface area contributed by atoms with Crippen LogP contribution in [0, 0.1) is 4.91 Å². The minimum Gasteiger partial charge on any atom is -0.150 e. The lowest BCUT2D eigenvalue weighted by Crippen LogP contribution is -2.01. The molecule has 8 heavy (non-hydrogen) atoms. The minimum absolute atomic E-state index is 0.0243. The topological polar surface area (TPSA) is 29.4 Å². The SMILES string of the molecule is O=N[C@@H]1C=CCCC1. The number of rotatable bonds is 1. The Labute approximate surface area is 48.6 Å². The van der Waals surface area contributed by atoms with Gasteiger partial charge in [0.25, 0.3) is 0 Å². The fourth-order valence-electron chi connectivity index (χ4n) is 0.882. The maximum atomic E-state index is 9.86. The van der Waals surface area contributed by atoms with E-state index in [4.69, 9.17) is 0 Å². The smallest absolute Gasteiger partial charge is 0.110 e. The summed E-state index contributed by atoms with van der Waals surface area (Å²) in [5.41, 5.74) is 0. The van der Waals surface area contributed by atoms with E-state index < -0.39 is 0 Å². The molecule has 0 aliphatic heterocycles. The highest BCUT2D eigenvalue weighted by Crippen LogP contribution is 2.12. The summed E-state index contributed by atoms with van der Waals surface area (Å²) < 4.78 is 0. The average Bonchev–Trinajstić information content (AvgIpc) is 1.90. The van der Waals surface area contributed by atoms with E-state index in [1.165, 1.54) is 0 Å². The minimum atomic E-state index is -0.0243. The van der Waals surface area contributed by atoms with Gasteiger partial charge < -0.3 is 0 Å². The zero-order chi connectivity index (χ0) is 5.82. The molecule has 2 nitrogen and oxygen atoms in total. The maximum absolute atomic E-state index is 9.86. The zero-order valence-corrected chi connectivity index (χ0v) is 4.71. The van der Waals surface area contributed by atoms with E-state index in [0.717, 1.165) is 19.3 Å². The van der Waals surface area contributed by atoms with Crippen LogP contribution < -0.4 is 0 Å². The van der Waals surface area contributed by atoms with Crippen LogP contribution in [0.3, 0.4) is 0 Å². The predicted molar refractivity (Wildman–Crippen MR) is 32.6 cm³/mol. The molecule has 1 aliphatic carbocycles. The lowest BCUT2D eigenvalue weighted by Gasteiger charge is -2.05. The van der Waals surface area contributed by atoms with Crippen molar-refractivity contribution in [2.45, 2.75) is 25.3 Å². The molecule has 0 radical (unpaired) electrons. The number of allylic oxidation sites excluding steroid dienone is 1. The monoisotopic (exact) mass is 111 g/mol. The Balaban J connectivity index is 2.42. The molecule has 0 unspecified atom stereocenters. The van der Waals surface area contributed by atoms with Crippen molar-refractivity contribution in [2.24, 2.45) is 5.18 Å². The van der Waals surface area contributed by atoms with E-state index in [1.807, 2.05) is 12.2 Å². The largest absolute Gasteiger partial charge is 0.150 e. The Hall–Kier alpha value is -0.660. The lowest BCUT2D eigenvalue weighted by atomic mass is 10.0. The summed E-state index contributed by atoms with van der Waals surface area (Å²) in [6.07, 6.45) is 7.09. The van der Waals surface area contributed by atoms with Crippen molar-refractivity contribution in [3.8, 4) is 0 Å². The summed E-state index contributed by atoms with van der Waals surface area (Å²) >= 11 is 0. The van der Waals surface area contributed by atoms with Gasteiger partial charge >= 0.3 is 0 Å². The van der Waals surface area contributed by atoms with Gasteiger partial charge in [0.1, 0.15) is 6.04 Å². The molecule has 1 aliphatic rings. The van der Waals surface area contributed by atoms with Crippen molar-refractivity contribution in [3.63, 3.8) is 0 Å². The first-order valence-electron chi connectivity index (χ1n) is 2.92. The van der Waals surface area contributed by atoms with Crippen molar-refractivity contribution < 1.29 is 0 Å². The van der Waals surface area contributed by atoms with Crippen LogP contribution in [0.25, 0.3) is 0 Å².